The van der Waals surface area contributed by atoms with E-state index in [1.807, 2.05) is 18.2 Å². The SMILES string of the molecule is Fc1cc(Cl)c(-n2c(=S)[nH]c3cc(I)ccc32)c(Cl)c1. The Morgan fingerprint density at radius 3 is 2.45 bits per heavy atom. The molecule has 0 spiro atoms. The second kappa shape index (κ2) is 5.29. The highest BCUT2D eigenvalue weighted by Gasteiger charge is 2.15. The molecule has 2 aromatic carbocycles. The minimum Gasteiger partial charge on any atom is -0.330 e. The summed E-state index contributed by atoms with van der Waals surface area (Å²) in [6.45, 7) is 0. The van der Waals surface area contributed by atoms with Crippen LogP contribution in [0.2, 0.25) is 10.0 Å². The third-order valence-corrected chi connectivity index (χ3v) is 4.38. The molecule has 3 rings (SSSR count). The summed E-state index contributed by atoms with van der Waals surface area (Å²) in [6, 6.07) is 8.27. The molecule has 0 unspecified atom stereocenters. The Morgan fingerprint density at radius 1 is 1.15 bits per heavy atom. The number of aromatic nitrogens is 2. The Kier molecular flexibility index (Phi) is 3.79. The van der Waals surface area contributed by atoms with Crippen LogP contribution in [-0.4, -0.2) is 9.55 Å². The molecule has 0 bridgehead atoms. The van der Waals surface area contributed by atoms with Crippen LogP contribution in [-0.2, 0) is 0 Å². The number of hydrogen-bond donors (Lipinski definition) is 1. The maximum absolute atomic E-state index is 13.3. The summed E-state index contributed by atoms with van der Waals surface area (Å²) in [5.74, 6) is -0.482. The van der Waals surface area contributed by atoms with Crippen LogP contribution in [0.15, 0.2) is 30.3 Å². The lowest BCUT2D eigenvalue weighted by atomic mass is 10.2. The first-order chi connectivity index (χ1) is 9.47. The van der Waals surface area contributed by atoms with Crippen molar-refractivity contribution in [2.75, 3.05) is 0 Å². The molecule has 3 aromatic rings. The van der Waals surface area contributed by atoms with Crippen LogP contribution in [0, 0.1) is 14.2 Å². The Morgan fingerprint density at radius 2 is 1.80 bits per heavy atom. The van der Waals surface area contributed by atoms with Crippen molar-refractivity contribution in [1.82, 2.24) is 9.55 Å². The standard InChI is InChI=1S/C13H6Cl2FIN2S/c14-8-3-6(16)4-9(15)12(8)19-11-2-1-7(17)5-10(11)18-13(19)20/h1-5H,(H,18,20). The fourth-order valence-electron chi connectivity index (χ4n) is 2.05. The predicted octanol–water partition coefficient (Wildman–Crippen LogP) is 5.74. The fourth-order valence-corrected chi connectivity index (χ4v) is 3.47. The summed E-state index contributed by atoms with van der Waals surface area (Å²) in [5, 5.41) is 0.427. The van der Waals surface area contributed by atoms with Crippen molar-refractivity contribution in [3.05, 3.63) is 54.5 Å². The highest BCUT2D eigenvalue weighted by molar-refractivity contribution is 14.1. The third-order valence-electron chi connectivity index (χ3n) is 2.85. The van der Waals surface area contributed by atoms with E-state index >= 15 is 0 Å². The quantitative estimate of drug-likeness (QED) is 0.379. The Labute approximate surface area is 142 Å². The molecule has 0 fully saturated rings. The monoisotopic (exact) mass is 438 g/mol. The smallest absolute Gasteiger partial charge is 0.182 e. The van der Waals surface area contributed by atoms with Gasteiger partial charge in [0.05, 0.1) is 26.8 Å². The number of nitrogens with one attached hydrogen (secondary N) is 1. The van der Waals surface area contributed by atoms with Crippen molar-refractivity contribution in [3.8, 4) is 5.69 Å². The van der Waals surface area contributed by atoms with Gasteiger partial charge in [0.2, 0.25) is 0 Å². The average molecular weight is 439 g/mol. The number of hydrogen-bond acceptors (Lipinski definition) is 1. The summed E-state index contributed by atoms with van der Waals surface area (Å²) >= 11 is 19.8. The molecule has 0 amide bonds. The third kappa shape index (κ3) is 2.36. The van der Waals surface area contributed by atoms with E-state index in [-0.39, 0.29) is 10.0 Å². The number of halogens is 4. The van der Waals surface area contributed by atoms with Crippen LogP contribution in [0.4, 0.5) is 4.39 Å². The number of fused-ring (bicyclic) bond motifs is 1. The van der Waals surface area contributed by atoms with Crippen LogP contribution < -0.4 is 0 Å². The van der Waals surface area contributed by atoms with Gasteiger partial charge in [0.15, 0.2) is 4.77 Å². The van der Waals surface area contributed by atoms with E-state index < -0.39 is 5.82 Å². The molecule has 0 saturated carbocycles. The van der Waals surface area contributed by atoms with Crippen molar-refractivity contribution in [2.45, 2.75) is 0 Å². The number of rotatable bonds is 1. The summed E-state index contributed by atoms with van der Waals surface area (Å²) in [7, 11) is 0. The number of H-pyrrole nitrogens is 1. The van der Waals surface area contributed by atoms with E-state index in [1.54, 1.807) is 4.57 Å². The molecule has 0 radical (unpaired) electrons. The number of aromatic amines is 1. The van der Waals surface area contributed by atoms with Gasteiger partial charge in [0, 0.05) is 3.57 Å². The normalized spacial score (nSPS) is 11.2. The molecule has 0 aliphatic rings. The summed E-state index contributed by atoms with van der Waals surface area (Å²) in [6.07, 6.45) is 0. The van der Waals surface area contributed by atoms with E-state index in [9.17, 15) is 4.39 Å². The highest BCUT2D eigenvalue weighted by Crippen LogP contribution is 2.32. The number of imidazole rings is 1. The van der Waals surface area contributed by atoms with Gasteiger partial charge in [-0.25, -0.2) is 4.39 Å². The van der Waals surface area contributed by atoms with Crippen LogP contribution in [0.5, 0.6) is 0 Å². The molecule has 0 atom stereocenters. The van der Waals surface area contributed by atoms with Crippen molar-refractivity contribution in [1.29, 1.82) is 0 Å². The topological polar surface area (TPSA) is 20.7 Å². The molecular formula is C13H6Cl2FIN2S. The first kappa shape index (κ1) is 14.3. The van der Waals surface area contributed by atoms with Gasteiger partial charge in [-0.3, -0.25) is 4.57 Å². The summed E-state index contributed by atoms with van der Waals surface area (Å²) in [4.78, 5) is 3.10. The largest absolute Gasteiger partial charge is 0.330 e. The van der Waals surface area contributed by atoms with Crippen LogP contribution in [0.1, 0.15) is 0 Å². The molecule has 102 valence electrons. The second-order valence-corrected chi connectivity index (χ2v) is 6.59. The van der Waals surface area contributed by atoms with Crippen molar-refractivity contribution in [2.24, 2.45) is 0 Å². The summed E-state index contributed by atoms with van der Waals surface area (Å²) < 4.78 is 16.6. The van der Waals surface area contributed by atoms with Gasteiger partial charge in [0.25, 0.3) is 0 Å². The molecule has 1 N–H and O–H groups in total. The molecule has 0 saturated heterocycles. The zero-order valence-electron chi connectivity index (χ0n) is 9.75. The van der Waals surface area contributed by atoms with E-state index in [2.05, 4.69) is 27.6 Å². The zero-order valence-corrected chi connectivity index (χ0v) is 14.2. The van der Waals surface area contributed by atoms with Gasteiger partial charge < -0.3 is 4.98 Å². The van der Waals surface area contributed by atoms with Gasteiger partial charge in [-0.05, 0) is 65.1 Å². The minimum atomic E-state index is -0.482. The van der Waals surface area contributed by atoms with Crippen LogP contribution in [0.25, 0.3) is 16.7 Å². The molecule has 20 heavy (non-hydrogen) atoms. The minimum absolute atomic E-state index is 0.213. The van der Waals surface area contributed by atoms with E-state index in [4.69, 9.17) is 35.4 Å². The van der Waals surface area contributed by atoms with E-state index in [1.165, 1.54) is 12.1 Å². The lowest BCUT2D eigenvalue weighted by Gasteiger charge is -2.09. The maximum atomic E-state index is 13.3. The van der Waals surface area contributed by atoms with E-state index in [0.29, 0.717) is 10.5 Å². The van der Waals surface area contributed by atoms with Crippen molar-refractivity contribution in [3.63, 3.8) is 0 Å². The van der Waals surface area contributed by atoms with Gasteiger partial charge in [0.1, 0.15) is 5.82 Å². The van der Waals surface area contributed by atoms with E-state index in [0.717, 1.165) is 14.6 Å². The van der Waals surface area contributed by atoms with Crippen LogP contribution >= 0.6 is 58.0 Å². The summed E-state index contributed by atoms with van der Waals surface area (Å²) in [5.41, 5.74) is 2.19. The molecule has 1 aromatic heterocycles. The molecule has 1 heterocycles. The second-order valence-electron chi connectivity index (χ2n) is 4.15. The molecule has 0 aliphatic heterocycles. The molecule has 7 heteroatoms. The Hall–Kier alpha value is -0.630. The molecule has 2 nitrogen and oxygen atoms in total. The Balaban J connectivity index is 2.41. The van der Waals surface area contributed by atoms with Gasteiger partial charge >= 0.3 is 0 Å². The van der Waals surface area contributed by atoms with Crippen molar-refractivity contribution >= 4 is 69.0 Å². The molecule has 0 aliphatic carbocycles. The highest BCUT2D eigenvalue weighted by atomic mass is 127. The van der Waals surface area contributed by atoms with Crippen molar-refractivity contribution < 1.29 is 4.39 Å². The lowest BCUT2D eigenvalue weighted by molar-refractivity contribution is 0.627. The molecular weight excluding hydrogens is 433 g/mol. The van der Waals surface area contributed by atoms with Crippen LogP contribution in [0.3, 0.4) is 0 Å². The van der Waals surface area contributed by atoms with Gasteiger partial charge in [-0.2, -0.15) is 0 Å². The fraction of sp³-hybridized carbons (Fsp3) is 0. The van der Waals surface area contributed by atoms with Gasteiger partial charge in [-0.15, -0.1) is 0 Å². The predicted molar refractivity (Wildman–Crippen MR) is 91.2 cm³/mol. The van der Waals surface area contributed by atoms with Gasteiger partial charge in [-0.1, -0.05) is 23.2 Å². The maximum Gasteiger partial charge on any atom is 0.182 e. The zero-order chi connectivity index (χ0) is 14.4. The first-order valence-electron chi connectivity index (χ1n) is 5.52. The number of nitrogens with zero attached hydrogens (tertiary/aromatic N) is 1. The Bertz CT molecular complexity index is 865. The lowest BCUT2D eigenvalue weighted by Crippen LogP contribution is -1.97. The number of benzene rings is 2. The average Bonchev–Trinajstić information content (AvgIpc) is 2.64. The first-order valence-corrected chi connectivity index (χ1v) is 7.77.